The number of likely N-dealkylation sites (N-methyl/N-ethyl adjacent to an activating group) is 1. The minimum Gasteiger partial charge on any atom is -0.744 e. The van der Waals surface area contributed by atoms with E-state index in [0.29, 0.717) is 72.9 Å². The number of aromatic nitrogens is 1. The van der Waals surface area contributed by atoms with Crippen LogP contribution in [0.3, 0.4) is 0 Å². The van der Waals surface area contributed by atoms with Crippen molar-refractivity contribution in [2.75, 3.05) is 31.6 Å². The van der Waals surface area contributed by atoms with Gasteiger partial charge in [0, 0.05) is 94.9 Å². The Morgan fingerprint density at radius 1 is 0.753 bits per heavy atom. The fourth-order valence-electron chi connectivity index (χ4n) is 10.4. The summed E-state index contributed by atoms with van der Waals surface area (Å²) >= 11 is 6.07. The standard InChI is InChI=1S/C59H67ClN4O10S2.K/c1-8-62-52-32-29-45(75(68,69)70)38-49(52)58(3,4)54(62)21-15-10-9-11-16-22-55-59(5,6)50-39-46(76(71,72)73)30-33-53(50)63(55)35-19-13-17-23-56(66)61-34-18-12-14-20-43(65)36-47-40(2)64(51-31-28-44(74-7)37-48(47)51)57(67)41-24-26-42(60)27-25-41;/h9-11,15-16,21-22,24-33,37-39H,8,12-14,17-20,23,34-36H2,1-7H3,(H2-,61,66,68,69,70,71,72,73);/q;+1/p-1. The monoisotopic (exact) mass is 1130 g/mol. The van der Waals surface area contributed by atoms with Crippen LogP contribution in [0.25, 0.3) is 10.9 Å². The Morgan fingerprint density at radius 3 is 2.06 bits per heavy atom. The summed E-state index contributed by atoms with van der Waals surface area (Å²) in [6.07, 6.45) is 18.7. The van der Waals surface area contributed by atoms with Crippen LogP contribution >= 0.6 is 11.6 Å². The molecule has 0 fully saturated rings. The van der Waals surface area contributed by atoms with Gasteiger partial charge in [-0.1, -0.05) is 62.2 Å². The largest absolute Gasteiger partial charge is 1.00 e. The zero-order valence-electron chi connectivity index (χ0n) is 45.2. The molecule has 77 heavy (non-hydrogen) atoms. The van der Waals surface area contributed by atoms with Crippen LogP contribution in [-0.4, -0.2) is 85.1 Å². The number of hydrogen-bond donors (Lipinski definition) is 1. The van der Waals surface area contributed by atoms with Crippen molar-refractivity contribution in [3.8, 4) is 5.75 Å². The van der Waals surface area contributed by atoms with Crippen LogP contribution in [-0.2, 0) is 47.1 Å². The Bertz CT molecular complexity index is 3450. The average molecular weight is 1130 g/mol. The number of benzene rings is 4. The number of amides is 1. The number of hydrogen-bond acceptors (Lipinski definition) is 11. The fourth-order valence-corrected chi connectivity index (χ4v) is 11.6. The molecule has 2 aliphatic rings. The third-order valence-corrected chi connectivity index (χ3v) is 16.4. The van der Waals surface area contributed by atoms with Crippen molar-refractivity contribution in [2.24, 2.45) is 0 Å². The molecule has 1 aromatic heterocycles. The van der Waals surface area contributed by atoms with Gasteiger partial charge in [-0.15, -0.1) is 0 Å². The molecule has 18 heteroatoms. The number of anilines is 1. The number of halogens is 1. The Morgan fingerprint density at radius 2 is 1.39 bits per heavy atom. The molecule has 0 saturated heterocycles. The minimum absolute atomic E-state index is 0. The van der Waals surface area contributed by atoms with Crippen molar-refractivity contribution in [1.29, 1.82) is 0 Å². The number of unbranched alkanes of at least 4 members (excludes halogenated alkanes) is 4. The van der Waals surface area contributed by atoms with E-state index in [1.807, 2.05) is 96.2 Å². The van der Waals surface area contributed by atoms with Crippen LogP contribution in [0.5, 0.6) is 5.75 Å². The molecule has 0 aliphatic carbocycles. The molecule has 1 N–H and O–H groups in total. The molecule has 0 unspecified atom stereocenters. The van der Waals surface area contributed by atoms with Gasteiger partial charge in [0.2, 0.25) is 11.6 Å². The second-order valence-corrected chi connectivity index (χ2v) is 23.5. The summed E-state index contributed by atoms with van der Waals surface area (Å²) in [7, 11) is -7.71. The number of fused-ring (bicyclic) bond motifs is 3. The second-order valence-electron chi connectivity index (χ2n) is 20.3. The van der Waals surface area contributed by atoms with E-state index < -0.39 is 31.1 Å². The van der Waals surface area contributed by atoms with Gasteiger partial charge in [0.25, 0.3) is 5.91 Å². The maximum atomic E-state index is 13.7. The molecular formula is C59H66ClKN4O10S2. The average Bonchev–Trinajstić information content (AvgIpc) is 4.04. The first kappa shape index (κ1) is 61.4. The van der Waals surface area contributed by atoms with Crippen LogP contribution < -0.4 is 66.3 Å². The summed E-state index contributed by atoms with van der Waals surface area (Å²) in [6.45, 7) is 13.6. The molecular weight excluding hydrogens is 1060 g/mol. The zero-order chi connectivity index (χ0) is 55.2. The van der Waals surface area contributed by atoms with Gasteiger partial charge in [0.1, 0.15) is 38.3 Å². The fraction of sp³-hybridized carbons (Fsp3) is 0.356. The summed E-state index contributed by atoms with van der Waals surface area (Å²) in [5.41, 5.74) is 6.53. The van der Waals surface area contributed by atoms with Crippen LogP contribution in [0.2, 0.25) is 5.02 Å². The molecule has 1 amide bonds. The number of ether oxygens (including phenoxy) is 1. The Balaban J connectivity index is 0.00000961. The Kier molecular flexibility index (Phi) is 20.7. The SMILES string of the molecule is CCN1C(=CC=CC=CC=CC2=[N+](CCCCCC(=O)NCCCCCC(=O)Cc3c(C)n(C(=O)c4ccc(Cl)cc4)c4ccc(OC)cc34)c3ccc(S(=O)(=O)[O-])cc3C2(C)C)C(C)(C)c2cc(S(=O)(=O)[O-])ccc21.[K+]. The van der Waals surface area contributed by atoms with E-state index in [1.54, 1.807) is 54.1 Å². The topological polar surface area (TPSA) is 198 Å². The number of rotatable bonds is 23. The number of Topliss-reactive ketones (excluding diaryl/α,β-unsaturated/α-hetero) is 1. The number of methoxy groups -OCH3 is 1. The molecule has 3 heterocycles. The van der Waals surface area contributed by atoms with E-state index in [9.17, 15) is 40.3 Å². The minimum atomic E-state index is -4.68. The number of allylic oxidation sites excluding steroid dienone is 8. The first-order valence-corrected chi connectivity index (χ1v) is 28.8. The maximum absolute atomic E-state index is 13.7. The molecule has 5 aromatic rings. The summed E-state index contributed by atoms with van der Waals surface area (Å²) in [4.78, 5) is 41.4. The Hall–Kier alpha value is -4.79. The molecule has 4 aromatic carbocycles. The van der Waals surface area contributed by atoms with E-state index in [0.717, 1.165) is 70.5 Å². The van der Waals surface area contributed by atoms with Crippen molar-refractivity contribution >= 4 is 77.4 Å². The number of carbonyl (C=O) groups excluding carboxylic acids is 3. The van der Waals surface area contributed by atoms with Gasteiger partial charge in [-0.05, 0) is 143 Å². The molecule has 402 valence electrons. The molecule has 7 rings (SSSR count). The normalized spacial score (nSPS) is 15.5. The predicted octanol–water partition coefficient (Wildman–Crippen LogP) is 7.91. The van der Waals surface area contributed by atoms with Crippen molar-refractivity contribution in [1.82, 2.24) is 9.88 Å². The first-order valence-electron chi connectivity index (χ1n) is 25.6. The first-order chi connectivity index (χ1) is 36.0. The van der Waals surface area contributed by atoms with E-state index in [2.05, 4.69) is 14.8 Å². The summed E-state index contributed by atoms with van der Waals surface area (Å²) < 4.78 is 80.8. The molecule has 2 aliphatic heterocycles. The number of nitrogens with one attached hydrogen (secondary N) is 1. The molecule has 0 saturated carbocycles. The van der Waals surface area contributed by atoms with Gasteiger partial charge >= 0.3 is 51.4 Å². The van der Waals surface area contributed by atoms with Gasteiger partial charge in [-0.2, -0.15) is 4.58 Å². The van der Waals surface area contributed by atoms with E-state index in [1.165, 1.54) is 24.3 Å². The maximum Gasteiger partial charge on any atom is 1.00 e. The number of ketones is 1. The summed E-state index contributed by atoms with van der Waals surface area (Å²) in [5.74, 6) is 0.444. The van der Waals surface area contributed by atoms with Crippen molar-refractivity contribution in [2.45, 2.75) is 120 Å². The summed E-state index contributed by atoms with van der Waals surface area (Å²) in [6, 6.07) is 21.2. The van der Waals surface area contributed by atoms with Gasteiger partial charge in [0.05, 0.1) is 27.8 Å². The molecule has 14 nitrogen and oxygen atoms in total. The third-order valence-electron chi connectivity index (χ3n) is 14.5. The predicted molar refractivity (Wildman–Crippen MR) is 296 cm³/mol. The van der Waals surface area contributed by atoms with Crippen LogP contribution in [0.1, 0.15) is 119 Å². The van der Waals surface area contributed by atoms with Crippen molar-refractivity contribution < 1.29 is 101 Å². The summed E-state index contributed by atoms with van der Waals surface area (Å²) in [5, 5.41) is 4.34. The third kappa shape index (κ3) is 14.2. The zero-order valence-corrected chi connectivity index (χ0v) is 50.7. The van der Waals surface area contributed by atoms with Gasteiger partial charge in [-0.25, -0.2) is 16.8 Å². The number of nitrogens with zero attached hydrogens (tertiary/aromatic N) is 3. The number of carbonyl (C=O) groups is 3. The molecule has 0 radical (unpaired) electrons. The quantitative estimate of drug-likeness (QED) is 0.0219. The Labute approximate surface area is 500 Å². The van der Waals surface area contributed by atoms with Crippen molar-refractivity contribution in [3.05, 3.63) is 160 Å². The molecule has 0 atom stereocenters. The second kappa shape index (κ2) is 26.0. The van der Waals surface area contributed by atoms with Gasteiger partial charge < -0.3 is 24.1 Å². The van der Waals surface area contributed by atoms with Crippen LogP contribution in [0, 0.1) is 6.92 Å². The van der Waals surface area contributed by atoms with E-state index in [-0.39, 0.29) is 85.2 Å². The van der Waals surface area contributed by atoms with Crippen LogP contribution in [0.4, 0.5) is 11.4 Å². The van der Waals surface area contributed by atoms with Crippen LogP contribution in [0.15, 0.2) is 137 Å². The van der Waals surface area contributed by atoms with E-state index >= 15 is 0 Å². The smallest absolute Gasteiger partial charge is 0.744 e. The van der Waals surface area contributed by atoms with Gasteiger partial charge in [0.15, 0.2) is 5.71 Å². The molecule has 0 spiro atoms. The van der Waals surface area contributed by atoms with Gasteiger partial charge in [-0.3, -0.25) is 19.0 Å². The molecule has 0 bridgehead atoms. The van der Waals surface area contributed by atoms with E-state index in [4.69, 9.17) is 16.3 Å². The van der Waals surface area contributed by atoms with Crippen molar-refractivity contribution in [3.63, 3.8) is 0 Å².